The number of ether oxygens (including phenoxy) is 1. The average molecular weight is 478 g/mol. The van der Waals surface area contributed by atoms with Gasteiger partial charge in [-0.2, -0.15) is 16.8 Å². The molecule has 0 bridgehead atoms. The number of hydrogen-bond acceptors (Lipinski definition) is 9. The smallest absolute Gasteiger partial charge is 0.334 e. The van der Waals surface area contributed by atoms with E-state index in [0.717, 1.165) is 14.0 Å². The molecule has 0 amide bonds. The summed E-state index contributed by atoms with van der Waals surface area (Å²) in [6, 6.07) is 0. The van der Waals surface area contributed by atoms with Crippen molar-refractivity contribution in [3.05, 3.63) is 24.3 Å². The summed E-state index contributed by atoms with van der Waals surface area (Å²) in [4.78, 5) is 40.3. The van der Waals surface area contributed by atoms with Crippen LogP contribution in [0.25, 0.3) is 0 Å². The molecule has 0 saturated heterocycles. The molecule has 16 heteroatoms. The number of carbonyl (C=O) groups excluding carboxylic acids is 1. The predicted octanol–water partition coefficient (Wildman–Crippen LogP) is -0.559. The molecule has 2 atom stereocenters. The molecule has 0 fully saturated rings. The molecule has 0 aromatic rings. The van der Waals surface area contributed by atoms with E-state index in [9.17, 15) is 36.0 Å². The Labute approximate surface area is 172 Å². The molecular formula is C14H22O14S2. The highest BCUT2D eigenvalue weighted by atomic mass is 32.2. The largest absolute Gasteiger partial charge is 0.481 e. The van der Waals surface area contributed by atoms with E-state index < -0.39 is 61.0 Å². The molecule has 0 rings (SSSR count). The molecule has 5 N–H and O–H groups in total. The monoisotopic (exact) mass is 478 g/mol. The Bertz CT molecular complexity index is 870. The summed E-state index contributed by atoms with van der Waals surface area (Å²) in [5.74, 6) is -5.28. The first-order chi connectivity index (χ1) is 13.2. The molecule has 0 aliphatic heterocycles. The molecule has 0 aliphatic rings. The van der Waals surface area contributed by atoms with E-state index in [1.165, 1.54) is 6.92 Å². The molecule has 0 aromatic heterocycles. The predicted molar refractivity (Wildman–Crippen MR) is 99.8 cm³/mol. The van der Waals surface area contributed by atoms with Gasteiger partial charge in [0.25, 0.3) is 20.2 Å². The van der Waals surface area contributed by atoms with Crippen molar-refractivity contribution in [1.29, 1.82) is 0 Å². The van der Waals surface area contributed by atoms with Gasteiger partial charge in [0.2, 0.25) is 0 Å². The highest BCUT2D eigenvalue weighted by molar-refractivity contribution is 7.87. The summed E-state index contributed by atoms with van der Waals surface area (Å²) in [5, 5.41) is 20.5. The molecule has 0 radical (unpaired) electrons. The molecule has 0 spiro atoms. The van der Waals surface area contributed by atoms with Crippen molar-refractivity contribution in [3.63, 3.8) is 0 Å². The van der Waals surface area contributed by atoms with E-state index in [1.54, 1.807) is 0 Å². The number of carbonyl (C=O) groups is 4. The highest BCUT2D eigenvalue weighted by Gasteiger charge is 2.33. The lowest BCUT2D eigenvalue weighted by Crippen LogP contribution is -2.31. The summed E-state index contributed by atoms with van der Waals surface area (Å²) >= 11 is 0. The normalized spacial score (nSPS) is 12.4. The maximum Gasteiger partial charge on any atom is 0.334 e. The quantitative estimate of drug-likeness (QED) is 0.167. The number of carboxylic acid groups (broad SMARTS) is 3. The summed E-state index contributed by atoms with van der Waals surface area (Å²) in [7, 11) is -8.00. The van der Waals surface area contributed by atoms with Gasteiger partial charge < -0.3 is 20.1 Å². The lowest BCUT2D eigenvalue weighted by Gasteiger charge is -2.08. The van der Waals surface area contributed by atoms with Crippen LogP contribution in [0.3, 0.4) is 0 Å². The van der Waals surface area contributed by atoms with Gasteiger partial charge in [0.05, 0.1) is 19.1 Å². The van der Waals surface area contributed by atoms with Gasteiger partial charge in [-0.1, -0.05) is 13.2 Å². The molecule has 0 aliphatic carbocycles. The lowest BCUT2D eigenvalue weighted by molar-refractivity contribution is -0.143. The van der Waals surface area contributed by atoms with E-state index in [1.807, 2.05) is 0 Å². The number of hydrogen-bond donors (Lipinski definition) is 5. The van der Waals surface area contributed by atoms with E-state index in [-0.39, 0.29) is 11.1 Å². The van der Waals surface area contributed by atoms with Crippen LogP contribution in [0, 0.1) is 0 Å². The molecular weight excluding hydrogens is 456 g/mol. The van der Waals surface area contributed by atoms with Gasteiger partial charge in [-0.3, -0.25) is 18.7 Å². The van der Waals surface area contributed by atoms with Gasteiger partial charge in [-0.25, -0.2) is 9.59 Å². The van der Waals surface area contributed by atoms with Crippen LogP contribution < -0.4 is 0 Å². The van der Waals surface area contributed by atoms with Crippen molar-refractivity contribution in [2.24, 2.45) is 0 Å². The Hall–Kier alpha value is -2.82. The Balaban J connectivity index is -0.000000386. The van der Waals surface area contributed by atoms with E-state index in [2.05, 4.69) is 17.9 Å². The number of carboxylic acids is 3. The minimum Gasteiger partial charge on any atom is -0.481 e. The second kappa shape index (κ2) is 13.4. The maximum atomic E-state index is 10.7. The van der Waals surface area contributed by atoms with Crippen LogP contribution in [0.15, 0.2) is 24.3 Å². The molecule has 14 nitrogen and oxygen atoms in total. The standard InChI is InChI=1S/C6H10O5S.C4H6O7S.C4H6O2/c1-4(6(7)11-3)5(2)12(8,9)10;5-3(6)1-2(4(7)8)12(9,10)11;1-3(2)4(5)6/h5H,1H2,2-3H3,(H,8,9,10);2H,1H2,(H,5,6)(H,7,8)(H,9,10,11);1H2,2H3,(H,5,6). The van der Waals surface area contributed by atoms with Gasteiger partial charge >= 0.3 is 23.9 Å². The van der Waals surface area contributed by atoms with Crippen LogP contribution in [0.5, 0.6) is 0 Å². The van der Waals surface area contributed by atoms with Crippen molar-refractivity contribution in [2.75, 3.05) is 7.11 Å². The topological polar surface area (TPSA) is 247 Å². The number of methoxy groups -OCH3 is 1. The van der Waals surface area contributed by atoms with Crippen molar-refractivity contribution in [1.82, 2.24) is 0 Å². The van der Waals surface area contributed by atoms with Crippen molar-refractivity contribution < 1.29 is 65.2 Å². The van der Waals surface area contributed by atoms with Gasteiger partial charge in [-0.15, -0.1) is 0 Å². The zero-order valence-corrected chi connectivity index (χ0v) is 17.6. The summed E-state index contributed by atoms with van der Waals surface area (Å²) in [6.07, 6.45) is -1.16. The van der Waals surface area contributed by atoms with Crippen molar-refractivity contribution >= 4 is 44.1 Å². The van der Waals surface area contributed by atoms with Crippen LogP contribution in [-0.2, 0) is 44.2 Å². The second-order valence-corrected chi connectivity index (χ2v) is 8.54. The van der Waals surface area contributed by atoms with Crippen LogP contribution >= 0.6 is 0 Å². The summed E-state index contributed by atoms with van der Waals surface area (Å²) in [6.45, 7) is 8.93. The molecule has 0 aromatic carbocycles. The Morgan fingerprint density at radius 2 is 1.30 bits per heavy atom. The molecule has 2 unspecified atom stereocenters. The second-order valence-electron chi connectivity index (χ2n) is 5.20. The summed E-state index contributed by atoms with van der Waals surface area (Å²) < 4.78 is 62.3. The van der Waals surface area contributed by atoms with Gasteiger partial charge in [0.1, 0.15) is 5.25 Å². The van der Waals surface area contributed by atoms with E-state index in [0.29, 0.717) is 0 Å². The zero-order chi connectivity index (χ0) is 25.0. The highest BCUT2D eigenvalue weighted by Crippen LogP contribution is 2.09. The SMILES string of the molecule is C=C(C(=O)OC)C(C)S(=O)(=O)O.C=C(C)C(=O)O.O=C(O)CC(C(=O)O)S(=O)(=O)O. The van der Waals surface area contributed by atoms with Crippen LogP contribution in [-0.4, -0.2) is 82.7 Å². The third-order valence-corrected chi connectivity index (χ3v) is 5.01. The first-order valence-electron chi connectivity index (χ1n) is 7.23. The molecule has 0 saturated carbocycles. The zero-order valence-electron chi connectivity index (χ0n) is 16.0. The molecule has 174 valence electrons. The minimum atomic E-state index is -4.84. The molecule has 30 heavy (non-hydrogen) atoms. The maximum absolute atomic E-state index is 10.7. The first-order valence-corrected chi connectivity index (χ1v) is 10.2. The number of aliphatic carboxylic acids is 3. The number of esters is 1. The fraction of sp³-hybridized carbons (Fsp3) is 0.429. The number of rotatable bonds is 8. The Morgan fingerprint density at radius 3 is 1.43 bits per heavy atom. The lowest BCUT2D eigenvalue weighted by atomic mass is 10.2. The van der Waals surface area contributed by atoms with Crippen molar-refractivity contribution in [3.8, 4) is 0 Å². The van der Waals surface area contributed by atoms with Gasteiger partial charge in [-0.05, 0) is 13.8 Å². The van der Waals surface area contributed by atoms with E-state index in [4.69, 9.17) is 24.4 Å². The van der Waals surface area contributed by atoms with Crippen molar-refractivity contribution in [2.45, 2.75) is 30.8 Å². The Morgan fingerprint density at radius 1 is 0.933 bits per heavy atom. The fourth-order valence-corrected chi connectivity index (χ4v) is 2.02. The van der Waals surface area contributed by atoms with Gasteiger partial charge in [0, 0.05) is 5.57 Å². The first kappa shape index (κ1) is 31.9. The fourth-order valence-electron chi connectivity index (χ4n) is 0.955. The third kappa shape index (κ3) is 15.1. The van der Waals surface area contributed by atoms with E-state index >= 15 is 0 Å². The Kier molecular flexibility index (Phi) is 14.2. The van der Waals surface area contributed by atoms with Gasteiger partial charge in [0.15, 0.2) is 5.25 Å². The summed E-state index contributed by atoms with van der Waals surface area (Å²) in [5.41, 5.74) is -0.116. The van der Waals surface area contributed by atoms with Crippen LogP contribution in [0.4, 0.5) is 0 Å². The minimum absolute atomic E-state index is 0.176. The average Bonchev–Trinajstić information content (AvgIpc) is 2.56. The third-order valence-electron chi connectivity index (χ3n) is 2.75. The van der Waals surface area contributed by atoms with Crippen LogP contribution in [0.2, 0.25) is 0 Å². The van der Waals surface area contributed by atoms with Crippen LogP contribution in [0.1, 0.15) is 20.3 Å². The molecule has 0 heterocycles.